The molecule has 0 unspecified atom stereocenters. The Balaban J connectivity index is 2.45. The van der Waals surface area contributed by atoms with Crippen molar-refractivity contribution in [2.45, 2.75) is 45.1 Å². The Kier molecular flexibility index (Phi) is 3.96. The van der Waals surface area contributed by atoms with E-state index in [0.717, 1.165) is 12.8 Å². The molecule has 0 spiro atoms. The van der Waals surface area contributed by atoms with Crippen molar-refractivity contribution >= 4 is 16.0 Å². The zero-order valence-corrected chi connectivity index (χ0v) is 10.5. The van der Waals surface area contributed by atoms with Crippen LogP contribution in [0.1, 0.15) is 39.5 Å². The second-order valence-electron chi connectivity index (χ2n) is 5.10. The van der Waals surface area contributed by atoms with E-state index >= 15 is 0 Å². The molecule has 0 radical (unpaired) electrons. The maximum atomic E-state index is 11.7. The number of sulfonamides is 1. The first kappa shape index (κ1) is 13.4. The average Bonchev–Trinajstić information content (AvgIpc) is 2.82. The van der Waals surface area contributed by atoms with Gasteiger partial charge in [0.1, 0.15) is 0 Å². The van der Waals surface area contributed by atoms with Crippen LogP contribution in [-0.2, 0) is 14.8 Å². The largest absolute Gasteiger partial charge is 0.481 e. The van der Waals surface area contributed by atoms with Gasteiger partial charge in [-0.25, -0.2) is 13.1 Å². The lowest BCUT2D eigenvalue weighted by Gasteiger charge is -2.25. The highest BCUT2D eigenvalue weighted by Crippen LogP contribution is 2.30. The molecule has 0 amide bonds. The summed E-state index contributed by atoms with van der Waals surface area (Å²) in [5.74, 6) is -0.439. The van der Waals surface area contributed by atoms with Crippen LogP contribution >= 0.6 is 0 Å². The minimum atomic E-state index is -3.27. The fraction of sp³-hybridized carbons (Fsp3) is 0.900. The van der Waals surface area contributed by atoms with Crippen LogP contribution in [0.4, 0.5) is 0 Å². The number of aliphatic carboxylic acids is 1. The van der Waals surface area contributed by atoms with Gasteiger partial charge in [-0.3, -0.25) is 4.79 Å². The summed E-state index contributed by atoms with van der Waals surface area (Å²) in [5, 5.41) is 8.55. The van der Waals surface area contributed by atoms with E-state index in [-0.39, 0.29) is 12.2 Å². The quantitative estimate of drug-likeness (QED) is 0.704. The standard InChI is InChI=1S/C10H19NO4S/c1-10(2,6-5-9(12)13)11-16(14,15)7-8-3-4-8/h8,11H,3-7H2,1-2H3,(H,12,13). The van der Waals surface area contributed by atoms with Gasteiger partial charge in [0.2, 0.25) is 10.0 Å². The van der Waals surface area contributed by atoms with Crippen LogP contribution in [0, 0.1) is 5.92 Å². The van der Waals surface area contributed by atoms with Crippen molar-refractivity contribution in [2.75, 3.05) is 5.75 Å². The van der Waals surface area contributed by atoms with Crippen molar-refractivity contribution in [2.24, 2.45) is 5.92 Å². The minimum Gasteiger partial charge on any atom is -0.481 e. The van der Waals surface area contributed by atoms with Crippen molar-refractivity contribution in [1.29, 1.82) is 0 Å². The summed E-state index contributed by atoms with van der Waals surface area (Å²) < 4.78 is 25.9. The molecule has 0 aromatic rings. The molecule has 0 atom stereocenters. The van der Waals surface area contributed by atoms with E-state index in [2.05, 4.69) is 4.72 Å². The molecule has 2 N–H and O–H groups in total. The van der Waals surface area contributed by atoms with Crippen LogP contribution < -0.4 is 4.72 Å². The fourth-order valence-electron chi connectivity index (χ4n) is 1.53. The molecule has 0 aromatic carbocycles. The first-order valence-corrected chi connectivity index (χ1v) is 7.09. The van der Waals surface area contributed by atoms with Gasteiger partial charge in [-0.2, -0.15) is 0 Å². The molecule has 0 heterocycles. The van der Waals surface area contributed by atoms with Gasteiger partial charge in [-0.15, -0.1) is 0 Å². The number of carboxylic acids is 1. The summed E-state index contributed by atoms with van der Waals surface area (Å²) in [4.78, 5) is 10.4. The van der Waals surface area contributed by atoms with Crippen molar-refractivity contribution in [3.8, 4) is 0 Å². The summed E-state index contributed by atoms with van der Waals surface area (Å²) in [6.45, 7) is 3.42. The van der Waals surface area contributed by atoms with E-state index in [9.17, 15) is 13.2 Å². The monoisotopic (exact) mass is 249 g/mol. The summed E-state index contributed by atoms with van der Waals surface area (Å²) >= 11 is 0. The van der Waals surface area contributed by atoms with Crippen LogP contribution in [0.25, 0.3) is 0 Å². The molecule has 1 saturated carbocycles. The van der Waals surface area contributed by atoms with Gasteiger partial charge in [-0.05, 0) is 39.0 Å². The minimum absolute atomic E-state index is 0.0288. The second kappa shape index (κ2) is 4.71. The molecule has 1 fully saturated rings. The number of rotatable bonds is 7. The van der Waals surface area contributed by atoms with Crippen molar-refractivity contribution in [3.05, 3.63) is 0 Å². The smallest absolute Gasteiger partial charge is 0.303 e. The van der Waals surface area contributed by atoms with Crippen molar-refractivity contribution < 1.29 is 18.3 Å². The Morgan fingerprint density at radius 2 is 2.00 bits per heavy atom. The SMILES string of the molecule is CC(C)(CCC(=O)O)NS(=O)(=O)CC1CC1. The van der Waals surface area contributed by atoms with Gasteiger partial charge in [0.05, 0.1) is 5.75 Å². The third-order valence-electron chi connectivity index (χ3n) is 2.55. The average molecular weight is 249 g/mol. The van der Waals surface area contributed by atoms with Gasteiger partial charge in [0.15, 0.2) is 0 Å². The second-order valence-corrected chi connectivity index (χ2v) is 6.87. The van der Waals surface area contributed by atoms with Crippen LogP contribution in [0.2, 0.25) is 0 Å². The van der Waals surface area contributed by atoms with E-state index in [1.165, 1.54) is 0 Å². The highest BCUT2D eigenvalue weighted by molar-refractivity contribution is 7.89. The van der Waals surface area contributed by atoms with E-state index < -0.39 is 21.5 Å². The first-order chi connectivity index (χ1) is 7.20. The Morgan fingerprint density at radius 3 is 2.44 bits per heavy atom. The summed E-state index contributed by atoms with van der Waals surface area (Å²) in [6.07, 6.45) is 2.23. The molecule has 1 aliphatic rings. The lowest BCUT2D eigenvalue weighted by molar-refractivity contribution is -0.137. The Bertz CT molecular complexity index is 357. The van der Waals surface area contributed by atoms with E-state index in [1.54, 1.807) is 13.8 Å². The van der Waals surface area contributed by atoms with Gasteiger partial charge >= 0.3 is 5.97 Å². The van der Waals surface area contributed by atoms with E-state index in [4.69, 9.17) is 5.11 Å². The predicted octanol–water partition coefficient (Wildman–Crippen LogP) is 0.959. The third-order valence-corrected chi connectivity index (χ3v) is 4.32. The van der Waals surface area contributed by atoms with Gasteiger partial charge in [-0.1, -0.05) is 0 Å². The van der Waals surface area contributed by atoms with Gasteiger partial charge in [0.25, 0.3) is 0 Å². The zero-order valence-electron chi connectivity index (χ0n) is 9.69. The van der Waals surface area contributed by atoms with Crippen LogP contribution in [0.5, 0.6) is 0 Å². The Morgan fingerprint density at radius 1 is 1.44 bits per heavy atom. The molecular formula is C10H19NO4S. The number of carboxylic acid groups (broad SMARTS) is 1. The highest BCUT2D eigenvalue weighted by atomic mass is 32.2. The molecule has 94 valence electrons. The molecule has 5 nitrogen and oxygen atoms in total. The molecule has 0 saturated heterocycles. The van der Waals surface area contributed by atoms with Crippen LogP contribution in [0.15, 0.2) is 0 Å². The Labute approximate surface area is 96.3 Å². The van der Waals surface area contributed by atoms with Crippen molar-refractivity contribution in [3.63, 3.8) is 0 Å². The number of hydrogen-bond acceptors (Lipinski definition) is 3. The van der Waals surface area contributed by atoms with Gasteiger partial charge in [0, 0.05) is 12.0 Å². The molecular weight excluding hydrogens is 230 g/mol. The lowest BCUT2D eigenvalue weighted by atomic mass is 10.0. The summed E-state index contributed by atoms with van der Waals surface area (Å²) in [6, 6.07) is 0. The molecule has 1 rings (SSSR count). The fourth-order valence-corrected chi connectivity index (χ4v) is 3.51. The molecule has 1 aliphatic carbocycles. The molecule has 0 bridgehead atoms. The van der Waals surface area contributed by atoms with Crippen LogP contribution in [0.3, 0.4) is 0 Å². The number of carbonyl (C=O) groups is 1. The topological polar surface area (TPSA) is 83.5 Å². The predicted molar refractivity (Wildman–Crippen MR) is 60.6 cm³/mol. The Hall–Kier alpha value is -0.620. The van der Waals surface area contributed by atoms with Gasteiger partial charge < -0.3 is 5.11 Å². The zero-order chi connectivity index (χ0) is 12.4. The number of nitrogens with one attached hydrogen (secondary N) is 1. The first-order valence-electron chi connectivity index (χ1n) is 5.44. The lowest BCUT2D eigenvalue weighted by Crippen LogP contribution is -2.44. The molecule has 16 heavy (non-hydrogen) atoms. The van der Waals surface area contributed by atoms with E-state index in [0.29, 0.717) is 12.3 Å². The molecule has 0 aromatic heterocycles. The van der Waals surface area contributed by atoms with Crippen LogP contribution in [-0.4, -0.2) is 30.8 Å². The summed E-state index contributed by atoms with van der Waals surface area (Å²) in [7, 11) is -3.27. The van der Waals surface area contributed by atoms with E-state index in [1.807, 2.05) is 0 Å². The molecule has 0 aliphatic heterocycles. The summed E-state index contributed by atoms with van der Waals surface area (Å²) in [5.41, 5.74) is -0.688. The van der Waals surface area contributed by atoms with Crippen molar-refractivity contribution in [1.82, 2.24) is 4.72 Å². The maximum Gasteiger partial charge on any atom is 0.303 e. The molecule has 6 heteroatoms. The maximum absolute atomic E-state index is 11.7. The highest BCUT2D eigenvalue weighted by Gasteiger charge is 2.31. The normalized spacial score (nSPS) is 17.4. The third kappa shape index (κ3) is 5.46. The number of hydrogen-bond donors (Lipinski definition) is 2.